The Labute approximate surface area is 130 Å². The number of nitrogens with zero attached hydrogens (tertiary/aromatic N) is 3. The molecule has 2 fully saturated rings. The number of carbonyl (C=O) groups excluding carboxylic acids is 1. The van der Waals surface area contributed by atoms with Crippen LogP contribution < -0.4 is 0 Å². The molecule has 2 saturated heterocycles. The molecule has 0 aliphatic carbocycles. The standard InChI is InChI=1S/C16H22N4O2/c17-9-13-8-15(18-10-13)16(21)20-6-3-7-22-14(12-20)11-19-4-1-2-5-19/h8,10,14,18H,1-7,11-12H2. The van der Waals surface area contributed by atoms with Gasteiger partial charge in [-0.05, 0) is 38.4 Å². The molecular weight excluding hydrogens is 280 g/mol. The highest BCUT2D eigenvalue weighted by molar-refractivity contribution is 5.92. The fourth-order valence-electron chi connectivity index (χ4n) is 3.20. The average molecular weight is 302 g/mol. The maximum atomic E-state index is 12.6. The SMILES string of the molecule is N#Cc1c[nH]c(C(=O)N2CCCOC(CN3CCCC3)C2)c1. The minimum atomic E-state index is -0.0431. The average Bonchev–Trinajstić information content (AvgIpc) is 3.15. The van der Waals surface area contributed by atoms with Crippen molar-refractivity contribution in [2.45, 2.75) is 25.4 Å². The second kappa shape index (κ2) is 6.95. The molecule has 0 radical (unpaired) electrons. The van der Waals surface area contributed by atoms with Gasteiger partial charge in [0.1, 0.15) is 11.8 Å². The number of aromatic amines is 1. The van der Waals surface area contributed by atoms with Crippen molar-refractivity contribution in [2.24, 2.45) is 0 Å². The van der Waals surface area contributed by atoms with Gasteiger partial charge in [0.25, 0.3) is 5.91 Å². The third kappa shape index (κ3) is 3.49. The van der Waals surface area contributed by atoms with Crippen LogP contribution in [-0.2, 0) is 4.74 Å². The topological polar surface area (TPSA) is 72.4 Å². The van der Waals surface area contributed by atoms with Crippen LogP contribution in [0.4, 0.5) is 0 Å². The van der Waals surface area contributed by atoms with Gasteiger partial charge in [0, 0.05) is 32.4 Å². The summed E-state index contributed by atoms with van der Waals surface area (Å²) in [5.74, 6) is -0.0431. The molecule has 0 aromatic carbocycles. The van der Waals surface area contributed by atoms with Crippen LogP contribution in [0, 0.1) is 11.3 Å². The Kier molecular flexibility index (Phi) is 4.76. The van der Waals surface area contributed by atoms with E-state index in [1.807, 2.05) is 11.0 Å². The van der Waals surface area contributed by atoms with Crippen molar-refractivity contribution in [3.8, 4) is 6.07 Å². The maximum Gasteiger partial charge on any atom is 0.270 e. The maximum absolute atomic E-state index is 12.6. The van der Waals surface area contributed by atoms with E-state index in [9.17, 15) is 4.79 Å². The normalized spacial score (nSPS) is 23.2. The molecule has 0 bridgehead atoms. The predicted molar refractivity (Wildman–Crippen MR) is 81.4 cm³/mol. The van der Waals surface area contributed by atoms with Crippen molar-refractivity contribution in [2.75, 3.05) is 39.3 Å². The van der Waals surface area contributed by atoms with E-state index < -0.39 is 0 Å². The highest BCUT2D eigenvalue weighted by Gasteiger charge is 2.26. The summed E-state index contributed by atoms with van der Waals surface area (Å²) in [5.41, 5.74) is 0.974. The molecule has 1 N–H and O–H groups in total. The summed E-state index contributed by atoms with van der Waals surface area (Å²) >= 11 is 0. The molecule has 1 atom stereocenters. The second-order valence-corrected chi connectivity index (χ2v) is 6.02. The number of rotatable bonds is 3. The number of H-pyrrole nitrogens is 1. The minimum Gasteiger partial charge on any atom is -0.375 e. The van der Waals surface area contributed by atoms with Gasteiger partial charge in [-0.3, -0.25) is 4.79 Å². The van der Waals surface area contributed by atoms with Crippen molar-refractivity contribution in [1.82, 2.24) is 14.8 Å². The quantitative estimate of drug-likeness (QED) is 0.911. The molecule has 1 amide bonds. The van der Waals surface area contributed by atoms with E-state index in [-0.39, 0.29) is 12.0 Å². The van der Waals surface area contributed by atoms with E-state index in [0.717, 1.165) is 26.1 Å². The van der Waals surface area contributed by atoms with Crippen LogP contribution in [0.2, 0.25) is 0 Å². The number of aromatic nitrogens is 1. The summed E-state index contributed by atoms with van der Waals surface area (Å²) < 4.78 is 5.91. The summed E-state index contributed by atoms with van der Waals surface area (Å²) in [5, 5.41) is 8.87. The van der Waals surface area contributed by atoms with Gasteiger partial charge in [-0.25, -0.2) is 0 Å². The van der Waals surface area contributed by atoms with Crippen molar-refractivity contribution in [1.29, 1.82) is 5.26 Å². The van der Waals surface area contributed by atoms with Crippen molar-refractivity contribution in [3.05, 3.63) is 23.5 Å². The Morgan fingerprint density at radius 3 is 2.91 bits per heavy atom. The van der Waals surface area contributed by atoms with Crippen LogP contribution in [0.25, 0.3) is 0 Å². The second-order valence-electron chi connectivity index (χ2n) is 6.02. The van der Waals surface area contributed by atoms with E-state index >= 15 is 0 Å². The summed E-state index contributed by atoms with van der Waals surface area (Å²) in [6.45, 7) is 5.20. The van der Waals surface area contributed by atoms with Crippen LogP contribution in [0.3, 0.4) is 0 Å². The number of hydrogen-bond donors (Lipinski definition) is 1. The first-order chi connectivity index (χ1) is 10.8. The van der Waals surface area contributed by atoms with Gasteiger partial charge in [0.05, 0.1) is 11.7 Å². The molecule has 3 heterocycles. The first-order valence-corrected chi connectivity index (χ1v) is 7.98. The van der Waals surface area contributed by atoms with E-state index in [2.05, 4.69) is 9.88 Å². The van der Waals surface area contributed by atoms with Gasteiger partial charge in [-0.1, -0.05) is 0 Å². The molecule has 2 aliphatic rings. The molecule has 22 heavy (non-hydrogen) atoms. The largest absolute Gasteiger partial charge is 0.375 e. The lowest BCUT2D eigenvalue weighted by atomic mass is 10.2. The van der Waals surface area contributed by atoms with Gasteiger partial charge in [0.2, 0.25) is 0 Å². The van der Waals surface area contributed by atoms with Gasteiger partial charge < -0.3 is 19.5 Å². The summed E-state index contributed by atoms with van der Waals surface area (Å²) in [4.78, 5) is 19.7. The lowest BCUT2D eigenvalue weighted by Gasteiger charge is -2.26. The van der Waals surface area contributed by atoms with Crippen molar-refractivity contribution >= 4 is 5.91 Å². The molecule has 1 unspecified atom stereocenters. The van der Waals surface area contributed by atoms with Crippen LogP contribution >= 0.6 is 0 Å². The molecule has 3 rings (SSSR count). The molecular formula is C16H22N4O2. The summed E-state index contributed by atoms with van der Waals surface area (Å²) in [6.07, 6.45) is 5.02. The molecule has 0 saturated carbocycles. The Hall–Kier alpha value is -1.84. The Morgan fingerprint density at radius 2 is 2.18 bits per heavy atom. The molecule has 0 spiro atoms. The molecule has 118 valence electrons. The van der Waals surface area contributed by atoms with Crippen LogP contribution in [0.5, 0.6) is 0 Å². The summed E-state index contributed by atoms with van der Waals surface area (Å²) in [6, 6.07) is 3.66. The number of ether oxygens (including phenoxy) is 1. The van der Waals surface area contributed by atoms with Crippen LogP contribution in [0.1, 0.15) is 35.3 Å². The first kappa shape index (κ1) is 15.1. The molecule has 6 nitrogen and oxygen atoms in total. The van der Waals surface area contributed by atoms with E-state index in [4.69, 9.17) is 10.00 Å². The summed E-state index contributed by atoms with van der Waals surface area (Å²) in [7, 11) is 0. The number of nitriles is 1. The Morgan fingerprint density at radius 1 is 1.36 bits per heavy atom. The molecule has 6 heteroatoms. The highest BCUT2D eigenvalue weighted by atomic mass is 16.5. The van der Waals surface area contributed by atoms with Gasteiger partial charge >= 0.3 is 0 Å². The zero-order valence-electron chi connectivity index (χ0n) is 12.8. The highest BCUT2D eigenvalue weighted by Crippen LogP contribution is 2.14. The van der Waals surface area contributed by atoms with Gasteiger partial charge in [-0.2, -0.15) is 5.26 Å². The monoisotopic (exact) mass is 302 g/mol. The third-order valence-electron chi connectivity index (χ3n) is 4.34. The Bertz CT molecular complexity index is 557. The van der Waals surface area contributed by atoms with E-state index in [1.165, 1.54) is 12.8 Å². The van der Waals surface area contributed by atoms with Gasteiger partial charge in [0.15, 0.2) is 0 Å². The molecule has 1 aromatic heterocycles. The number of nitrogens with one attached hydrogen (secondary N) is 1. The zero-order chi connectivity index (χ0) is 15.4. The number of hydrogen-bond acceptors (Lipinski definition) is 4. The molecule has 2 aliphatic heterocycles. The zero-order valence-corrected chi connectivity index (χ0v) is 12.8. The third-order valence-corrected chi connectivity index (χ3v) is 4.34. The number of amides is 1. The van der Waals surface area contributed by atoms with Crippen LogP contribution in [0.15, 0.2) is 12.3 Å². The predicted octanol–water partition coefficient (Wildman–Crippen LogP) is 1.21. The lowest BCUT2D eigenvalue weighted by molar-refractivity contribution is 0.0296. The smallest absolute Gasteiger partial charge is 0.270 e. The fourth-order valence-corrected chi connectivity index (χ4v) is 3.20. The number of likely N-dealkylation sites (tertiary alicyclic amines) is 1. The van der Waals surface area contributed by atoms with E-state index in [1.54, 1.807) is 12.3 Å². The first-order valence-electron chi connectivity index (χ1n) is 7.98. The fraction of sp³-hybridized carbons (Fsp3) is 0.625. The van der Waals surface area contributed by atoms with Crippen molar-refractivity contribution < 1.29 is 9.53 Å². The minimum absolute atomic E-state index is 0.0431. The van der Waals surface area contributed by atoms with E-state index in [0.29, 0.717) is 31.0 Å². The van der Waals surface area contributed by atoms with Crippen LogP contribution in [-0.4, -0.2) is 66.1 Å². The lowest BCUT2D eigenvalue weighted by Crippen LogP contribution is -2.42. The molecule has 1 aromatic rings. The van der Waals surface area contributed by atoms with Gasteiger partial charge in [-0.15, -0.1) is 0 Å². The Balaban J connectivity index is 1.63. The van der Waals surface area contributed by atoms with Crippen molar-refractivity contribution in [3.63, 3.8) is 0 Å². The number of carbonyl (C=O) groups is 1.